The molecule has 2 rings (SSSR count). The molecule has 100 valence electrons. The summed E-state index contributed by atoms with van der Waals surface area (Å²) in [5, 5.41) is 0. The number of methoxy groups -OCH3 is 1. The van der Waals surface area contributed by atoms with E-state index in [1.807, 2.05) is 27.7 Å². The van der Waals surface area contributed by atoms with E-state index in [1.165, 1.54) is 0 Å². The van der Waals surface area contributed by atoms with Crippen LogP contribution >= 0.6 is 0 Å². The first kappa shape index (κ1) is 13.2. The van der Waals surface area contributed by atoms with Gasteiger partial charge in [0.2, 0.25) is 0 Å². The Morgan fingerprint density at radius 1 is 1.06 bits per heavy atom. The summed E-state index contributed by atoms with van der Waals surface area (Å²) in [5.74, 6) is -1.14. The lowest BCUT2D eigenvalue weighted by Gasteiger charge is -2.23. The second-order valence-corrected chi connectivity index (χ2v) is 5.46. The van der Waals surface area contributed by atoms with Crippen molar-refractivity contribution >= 4 is 0 Å². The standard InChI is InChI=1S/C12H22O5/c1-11(2)14-7-9(15-11)10-8(6-13-5)16-12(3,4)17-10/h8-10H,6-7H2,1-5H3. The van der Waals surface area contributed by atoms with Crippen molar-refractivity contribution in [2.45, 2.75) is 57.6 Å². The highest BCUT2D eigenvalue weighted by atomic mass is 16.8. The summed E-state index contributed by atoms with van der Waals surface area (Å²) in [6.45, 7) is 8.62. The van der Waals surface area contributed by atoms with Crippen LogP contribution in [0.5, 0.6) is 0 Å². The van der Waals surface area contributed by atoms with E-state index in [9.17, 15) is 0 Å². The van der Waals surface area contributed by atoms with Crippen molar-refractivity contribution in [2.24, 2.45) is 0 Å². The Balaban J connectivity index is 2.03. The molecule has 2 aliphatic rings. The summed E-state index contributed by atoms with van der Waals surface area (Å²) in [5.41, 5.74) is 0. The van der Waals surface area contributed by atoms with Gasteiger partial charge in [0.1, 0.15) is 18.3 Å². The van der Waals surface area contributed by atoms with Gasteiger partial charge in [-0.2, -0.15) is 0 Å². The average Bonchev–Trinajstić information content (AvgIpc) is 2.67. The molecule has 2 fully saturated rings. The molecule has 0 aromatic rings. The van der Waals surface area contributed by atoms with Gasteiger partial charge in [0, 0.05) is 7.11 Å². The highest BCUT2D eigenvalue weighted by molar-refractivity contribution is 4.90. The molecule has 0 bridgehead atoms. The molecular formula is C12H22O5. The van der Waals surface area contributed by atoms with Crippen molar-refractivity contribution in [3.05, 3.63) is 0 Å². The van der Waals surface area contributed by atoms with Gasteiger partial charge in [0.25, 0.3) is 0 Å². The van der Waals surface area contributed by atoms with Crippen molar-refractivity contribution in [2.75, 3.05) is 20.3 Å². The number of rotatable bonds is 3. The van der Waals surface area contributed by atoms with E-state index in [0.717, 1.165) is 0 Å². The summed E-state index contributed by atoms with van der Waals surface area (Å²) in [6, 6.07) is 0. The van der Waals surface area contributed by atoms with E-state index in [2.05, 4.69) is 0 Å². The maximum atomic E-state index is 5.88. The van der Waals surface area contributed by atoms with E-state index in [1.54, 1.807) is 7.11 Å². The van der Waals surface area contributed by atoms with Crippen LogP contribution in [0.3, 0.4) is 0 Å². The van der Waals surface area contributed by atoms with Crippen molar-refractivity contribution in [1.82, 2.24) is 0 Å². The second-order valence-electron chi connectivity index (χ2n) is 5.46. The van der Waals surface area contributed by atoms with Crippen molar-refractivity contribution < 1.29 is 23.7 Å². The zero-order valence-corrected chi connectivity index (χ0v) is 11.2. The minimum absolute atomic E-state index is 0.105. The zero-order chi connectivity index (χ0) is 12.7. The van der Waals surface area contributed by atoms with Gasteiger partial charge in [-0.25, -0.2) is 0 Å². The molecule has 2 saturated heterocycles. The fourth-order valence-electron chi connectivity index (χ4n) is 2.35. The molecule has 0 saturated carbocycles. The van der Waals surface area contributed by atoms with Gasteiger partial charge in [-0.1, -0.05) is 0 Å². The maximum absolute atomic E-state index is 5.88. The molecule has 2 aliphatic heterocycles. The van der Waals surface area contributed by atoms with Crippen LogP contribution in [0, 0.1) is 0 Å². The molecule has 0 spiro atoms. The zero-order valence-electron chi connectivity index (χ0n) is 11.2. The quantitative estimate of drug-likeness (QED) is 0.751. The summed E-state index contributed by atoms with van der Waals surface area (Å²) in [6.07, 6.45) is -0.365. The van der Waals surface area contributed by atoms with Crippen LogP contribution < -0.4 is 0 Å². The third-order valence-corrected chi connectivity index (χ3v) is 2.95. The Morgan fingerprint density at radius 3 is 2.29 bits per heavy atom. The molecule has 0 aromatic carbocycles. The molecule has 2 heterocycles. The molecule has 0 radical (unpaired) electrons. The molecular weight excluding hydrogens is 224 g/mol. The minimum Gasteiger partial charge on any atom is -0.382 e. The van der Waals surface area contributed by atoms with Gasteiger partial charge in [0.15, 0.2) is 11.6 Å². The fraction of sp³-hybridized carbons (Fsp3) is 1.00. The van der Waals surface area contributed by atoms with Crippen LogP contribution in [0.4, 0.5) is 0 Å². The Morgan fingerprint density at radius 2 is 1.76 bits per heavy atom. The lowest BCUT2D eigenvalue weighted by atomic mass is 10.1. The smallest absolute Gasteiger partial charge is 0.164 e. The van der Waals surface area contributed by atoms with Crippen molar-refractivity contribution in [3.8, 4) is 0 Å². The lowest BCUT2D eigenvalue weighted by Crippen LogP contribution is -2.40. The maximum Gasteiger partial charge on any atom is 0.164 e. The third kappa shape index (κ3) is 2.98. The molecule has 0 aromatic heterocycles. The predicted octanol–water partition coefficient (Wildman–Crippen LogP) is 1.30. The SMILES string of the molecule is COCC1OC(C)(C)OC1C1COC(C)(C)O1. The van der Waals surface area contributed by atoms with Crippen LogP contribution in [0.1, 0.15) is 27.7 Å². The number of hydrogen-bond acceptors (Lipinski definition) is 5. The van der Waals surface area contributed by atoms with E-state index in [4.69, 9.17) is 23.7 Å². The summed E-state index contributed by atoms with van der Waals surface area (Å²) in [4.78, 5) is 0. The highest BCUT2D eigenvalue weighted by Crippen LogP contribution is 2.35. The molecule has 0 aliphatic carbocycles. The first-order chi connectivity index (χ1) is 7.83. The van der Waals surface area contributed by atoms with Gasteiger partial charge in [-0.05, 0) is 27.7 Å². The highest BCUT2D eigenvalue weighted by Gasteiger charge is 2.49. The van der Waals surface area contributed by atoms with Crippen LogP contribution in [-0.4, -0.2) is 50.2 Å². The molecule has 5 nitrogen and oxygen atoms in total. The second kappa shape index (κ2) is 4.48. The van der Waals surface area contributed by atoms with Crippen LogP contribution in [0.15, 0.2) is 0 Å². The number of hydrogen-bond donors (Lipinski definition) is 0. The van der Waals surface area contributed by atoms with Gasteiger partial charge >= 0.3 is 0 Å². The van der Waals surface area contributed by atoms with E-state index >= 15 is 0 Å². The van der Waals surface area contributed by atoms with Crippen LogP contribution in [0.2, 0.25) is 0 Å². The summed E-state index contributed by atoms with van der Waals surface area (Å²) < 4.78 is 28.2. The van der Waals surface area contributed by atoms with Crippen molar-refractivity contribution in [3.63, 3.8) is 0 Å². The predicted molar refractivity (Wildman–Crippen MR) is 60.6 cm³/mol. The van der Waals surface area contributed by atoms with Crippen molar-refractivity contribution in [1.29, 1.82) is 0 Å². The summed E-state index contributed by atoms with van der Waals surface area (Å²) >= 11 is 0. The molecule has 3 atom stereocenters. The van der Waals surface area contributed by atoms with Gasteiger partial charge < -0.3 is 23.7 Å². The topological polar surface area (TPSA) is 46.2 Å². The Hall–Kier alpha value is -0.200. The Labute approximate surface area is 102 Å². The van der Waals surface area contributed by atoms with Gasteiger partial charge in [0.05, 0.1) is 13.2 Å². The fourth-order valence-corrected chi connectivity index (χ4v) is 2.35. The average molecular weight is 246 g/mol. The van der Waals surface area contributed by atoms with E-state index in [0.29, 0.717) is 13.2 Å². The van der Waals surface area contributed by atoms with E-state index in [-0.39, 0.29) is 18.3 Å². The lowest BCUT2D eigenvalue weighted by molar-refractivity contribution is -0.175. The first-order valence-corrected chi connectivity index (χ1v) is 5.99. The largest absolute Gasteiger partial charge is 0.382 e. The molecule has 0 amide bonds. The van der Waals surface area contributed by atoms with E-state index < -0.39 is 11.6 Å². The van der Waals surface area contributed by atoms with Crippen LogP contribution in [0.25, 0.3) is 0 Å². The Kier molecular flexibility index (Phi) is 3.49. The monoisotopic (exact) mass is 246 g/mol. The van der Waals surface area contributed by atoms with Gasteiger partial charge in [-0.3, -0.25) is 0 Å². The minimum atomic E-state index is -0.593. The van der Waals surface area contributed by atoms with Gasteiger partial charge in [-0.15, -0.1) is 0 Å². The number of ether oxygens (including phenoxy) is 5. The molecule has 3 unspecified atom stereocenters. The first-order valence-electron chi connectivity index (χ1n) is 5.99. The third-order valence-electron chi connectivity index (χ3n) is 2.95. The van der Waals surface area contributed by atoms with Crippen LogP contribution in [-0.2, 0) is 23.7 Å². The molecule has 17 heavy (non-hydrogen) atoms. The normalized spacial score (nSPS) is 39.7. The summed E-state index contributed by atoms with van der Waals surface area (Å²) in [7, 11) is 1.65. The molecule has 5 heteroatoms. The molecule has 0 N–H and O–H groups in total. The Bertz CT molecular complexity index is 276.